The molecular weight excluding hydrogens is 422 g/mol. The number of rotatable bonds is 9. The third-order valence-electron chi connectivity index (χ3n) is 4.24. The van der Waals surface area contributed by atoms with E-state index in [0.717, 1.165) is 22.2 Å². The van der Waals surface area contributed by atoms with Crippen LogP contribution in [0.1, 0.15) is 28.1 Å². The molecule has 0 spiro atoms. The summed E-state index contributed by atoms with van der Waals surface area (Å²) in [5.41, 5.74) is 0.850. The molecule has 7 nitrogen and oxygen atoms in total. The van der Waals surface area contributed by atoms with Crippen LogP contribution in [-0.4, -0.2) is 47.5 Å². The van der Waals surface area contributed by atoms with Crippen molar-refractivity contribution in [1.29, 1.82) is 0 Å². The Labute approximate surface area is 182 Å². The third-order valence-corrected chi connectivity index (χ3v) is 6.02. The minimum absolute atomic E-state index is 0.123. The van der Waals surface area contributed by atoms with E-state index >= 15 is 0 Å². The molecular formula is C21H21N3O4S2. The molecule has 2 aromatic rings. The topological polar surface area (TPSA) is 95.6 Å². The Morgan fingerprint density at radius 1 is 1.00 bits per heavy atom. The molecule has 1 aromatic heterocycles. The molecule has 30 heavy (non-hydrogen) atoms. The van der Waals surface area contributed by atoms with Gasteiger partial charge in [0.15, 0.2) is 0 Å². The van der Waals surface area contributed by atoms with E-state index in [0.29, 0.717) is 22.7 Å². The van der Waals surface area contributed by atoms with Crippen molar-refractivity contribution in [2.75, 3.05) is 19.6 Å². The highest BCUT2D eigenvalue weighted by atomic mass is 32.2. The number of thioether (sulfide) groups is 1. The number of nitrogens with one attached hydrogen (secondary N) is 2. The van der Waals surface area contributed by atoms with Crippen LogP contribution in [0.4, 0.5) is 4.79 Å². The lowest BCUT2D eigenvalue weighted by Crippen LogP contribution is -2.37. The average molecular weight is 444 g/mol. The molecule has 9 heteroatoms. The second-order valence-corrected chi connectivity index (χ2v) is 8.37. The Hall–Kier alpha value is -2.91. The quantitative estimate of drug-likeness (QED) is 0.459. The summed E-state index contributed by atoms with van der Waals surface area (Å²) < 4.78 is 0. The van der Waals surface area contributed by atoms with Crippen LogP contribution < -0.4 is 10.6 Å². The van der Waals surface area contributed by atoms with Gasteiger partial charge in [-0.15, -0.1) is 11.3 Å². The number of hydrogen-bond acceptors (Lipinski definition) is 6. The van der Waals surface area contributed by atoms with E-state index in [1.54, 1.807) is 12.1 Å². The first-order chi connectivity index (χ1) is 14.5. The Balaban J connectivity index is 1.36. The van der Waals surface area contributed by atoms with Gasteiger partial charge in [0.25, 0.3) is 17.1 Å². The van der Waals surface area contributed by atoms with Crippen LogP contribution in [0.2, 0.25) is 0 Å². The number of amides is 4. The predicted molar refractivity (Wildman–Crippen MR) is 118 cm³/mol. The predicted octanol–water partition coefficient (Wildman–Crippen LogP) is 3.11. The summed E-state index contributed by atoms with van der Waals surface area (Å²) >= 11 is 2.26. The molecule has 3 rings (SSSR count). The zero-order chi connectivity index (χ0) is 21.3. The Kier molecular flexibility index (Phi) is 7.81. The summed E-state index contributed by atoms with van der Waals surface area (Å²) in [6, 6.07) is 12.9. The molecule has 2 N–H and O–H groups in total. The number of thiophene rings is 1. The minimum atomic E-state index is -0.348. The van der Waals surface area contributed by atoms with Crippen molar-refractivity contribution in [3.05, 3.63) is 63.2 Å². The van der Waals surface area contributed by atoms with Crippen molar-refractivity contribution < 1.29 is 19.2 Å². The van der Waals surface area contributed by atoms with Gasteiger partial charge in [-0.05, 0) is 41.3 Å². The average Bonchev–Trinajstić information content (AvgIpc) is 3.36. The summed E-state index contributed by atoms with van der Waals surface area (Å²) in [6.45, 7) is 0.715. The van der Waals surface area contributed by atoms with Crippen LogP contribution in [0.15, 0.2) is 52.7 Å². The number of hydrogen-bond donors (Lipinski definition) is 2. The minimum Gasteiger partial charge on any atom is -0.354 e. The fraction of sp³-hybridized carbons (Fsp3) is 0.238. The molecule has 1 aromatic carbocycles. The Morgan fingerprint density at radius 2 is 1.80 bits per heavy atom. The lowest BCUT2D eigenvalue weighted by atomic mass is 10.2. The van der Waals surface area contributed by atoms with Crippen LogP contribution >= 0.6 is 23.1 Å². The van der Waals surface area contributed by atoms with E-state index in [2.05, 4.69) is 10.6 Å². The normalized spacial score (nSPS) is 14.9. The maximum Gasteiger partial charge on any atom is 0.293 e. The Bertz CT molecular complexity index is 942. The molecule has 0 bridgehead atoms. The van der Waals surface area contributed by atoms with Gasteiger partial charge in [-0.2, -0.15) is 0 Å². The van der Waals surface area contributed by atoms with E-state index in [1.165, 1.54) is 11.3 Å². The van der Waals surface area contributed by atoms with E-state index in [9.17, 15) is 19.2 Å². The van der Waals surface area contributed by atoms with Gasteiger partial charge < -0.3 is 10.6 Å². The largest absolute Gasteiger partial charge is 0.354 e. The van der Waals surface area contributed by atoms with Crippen LogP contribution in [0, 0.1) is 0 Å². The summed E-state index contributed by atoms with van der Waals surface area (Å²) in [5.74, 6) is -0.681. The number of imide groups is 1. The fourth-order valence-corrected chi connectivity index (χ4v) is 4.24. The van der Waals surface area contributed by atoms with E-state index in [4.69, 9.17) is 0 Å². The molecule has 1 aliphatic rings. The Morgan fingerprint density at radius 3 is 2.53 bits per heavy atom. The van der Waals surface area contributed by atoms with Gasteiger partial charge in [-0.1, -0.05) is 36.4 Å². The lowest BCUT2D eigenvalue weighted by Gasteiger charge is -2.13. The maximum atomic E-state index is 12.4. The standard InChI is InChI=1S/C21H21N3O4S2/c25-18(9-4-10-23-19(26)16-8-5-13-29-16)22-11-12-24-20(27)17(30-21(24)28)14-15-6-2-1-3-7-15/h1-3,5-8,13-14H,4,9-12H2,(H,22,25)(H,23,26)/b17-14-. The highest BCUT2D eigenvalue weighted by molar-refractivity contribution is 8.18. The molecule has 1 fully saturated rings. The van der Waals surface area contributed by atoms with E-state index < -0.39 is 0 Å². The molecule has 1 aliphatic heterocycles. The van der Waals surface area contributed by atoms with Crippen molar-refractivity contribution in [3.8, 4) is 0 Å². The highest BCUT2D eigenvalue weighted by Crippen LogP contribution is 2.31. The van der Waals surface area contributed by atoms with Gasteiger partial charge in [0.05, 0.1) is 9.78 Å². The van der Waals surface area contributed by atoms with Crippen LogP contribution in [0.3, 0.4) is 0 Å². The molecule has 4 amide bonds. The van der Waals surface area contributed by atoms with Crippen LogP contribution in [0.5, 0.6) is 0 Å². The second-order valence-electron chi connectivity index (χ2n) is 6.43. The van der Waals surface area contributed by atoms with E-state index in [1.807, 2.05) is 41.8 Å². The van der Waals surface area contributed by atoms with Crippen molar-refractivity contribution >= 4 is 52.1 Å². The summed E-state index contributed by atoms with van der Waals surface area (Å²) in [6.07, 6.45) is 2.44. The van der Waals surface area contributed by atoms with Crippen molar-refractivity contribution in [2.45, 2.75) is 12.8 Å². The summed E-state index contributed by atoms with van der Waals surface area (Å²) in [7, 11) is 0. The second kappa shape index (κ2) is 10.7. The summed E-state index contributed by atoms with van der Waals surface area (Å²) in [5, 5.41) is 6.96. The van der Waals surface area contributed by atoms with Crippen LogP contribution in [-0.2, 0) is 9.59 Å². The van der Waals surface area contributed by atoms with Gasteiger partial charge in [-0.3, -0.25) is 24.1 Å². The smallest absolute Gasteiger partial charge is 0.293 e. The van der Waals surface area contributed by atoms with Gasteiger partial charge in [-0.25, -0.2) is 0 Å². The van der Waals surface area contributed by atoms with Gasteiger partial charge in [0, 0.05) is 26.1 Å². The van der Waals surface area contributed by atoms with Gasteiger partial charge >= 0.3 is 0 Å². The lowest BCUT2D eigenvalue weighted by molar-refractivity contribution is -0.124. The maximum absolute atomic E-state index is 12.4. The van der Waals surface area contributed by atoms with Gasteiger partial charge in [0.1, 0.15) is 0 Å². The molecule has 0 saturated carbocycles. The molecule has 156 valence electrons. The number of nitrogens with zero attached hydrogens (tertiary/aromatic N) is 1. The molecule has 0 aliphatic carbocycles. The number of carbonyl (C=O) groups is 4. The zero-order valence-corrected chi connectivity index (χ0v) is 17.8. The first kappa shape index (κ1) is 21.8. The molecule has 0 atom stereocenters. The van der Waals surface area contributed by atoms with Gasteiger partial charge in [0.2, 0.25) is 5.91 Å². The number of benzene rings is 1. The zero-order valence-electron chi connectivity index (χ0n) is 16.1. The monoisotopic (exact) mass is 443 g/mol. The molecule has 2 heterocycles. The van der Waals surface area contributed by atoms with Crippen molar-refractivity contribution in [3.63, 3.8) is 0 Å². The number of carbonyl (C=O) groups excluding carboxylic acids is 4. The van der Waals surface area contributed by atoms with Crippen LogP contribution in [0.25, 0.3) is 6.08 Å². The first-order valence-electron chi connectivity index (χ1n) is 9.43. The SMILES string of the molecule is O=C(CCCNC(=O)c1cccs1)NCCN1C(=O)S/C(=C\c2ccccc2)C1=O. The molecule has 0 radical (unpaired) electrons. The van der Waals surface area contributed by atoms with E-state index in [-0.39, 0.29) is 42.5 Å². The summed E-state index contributed by atoms with van der Waals surface area (Å²) in [4.78, 5) is 50.4. The third kappa shape index (κ3) is 6.04. The molecule has 0 unspecified atom stereocenters. The highest BCUT2D eigenvalue weighted by Gasteiger charge is 2.34. The fourth-order valence-electron chi connectivity index (χ4n) is 2.73. The van der Waals surface area contributed by atoms with Crippen molar-refractivity contribution in [1.82, 2.24) is 15.5 Å². The van der Waals surface area contributed by atoms with Crippen molar-refractivity contribution in [2.24, 2.45) is 0 Å². The molecule has 1 saturated heterocycles. The first-order valence-corrected chi connectivity index (χ1v) is 11.1.